The van der Waals surface area contributed by atoms with Gasteiger partial charge in [0.05, 0.1) is 16.9 Å². The van der Waals surface area contributed by atoms with Crippen LogP contribution in [0.5, 0.6) is 0 Å². The summed E-state index contributed by atoms with van der Waals surface area (Å²) in [4.78, 5) is 8.43. The second-order valence-electron chi connectivity index (χ2n) is 7.70. The van der Waals surface area contributed by atoms with E-state index in [1.807, 2.05) is 29.6 Å². The normalized spacial score (nSPS) is 15.2. The van der Waals surface area contributed by atoms with Crippen LogP contribution in [0.3, 0.4) is 0 Å². The highest BCUT2D eigenvalue weighted by molar-refractivity contribution is 6.32. The van der Waals surface area contributed by atoms with E-state index in [1.165, 1.54) is 12.1 Å². The maximum Gasteiger partial charge on any atom is 0.128 e. The lowest BCUT2D eigenvalue weighted by Gasteiger charge is -2.35. The van der Waals surface area contributed by atoms with Crippen LogP contribution in [0, 0.1) is 25.5 Å². The number of anilines is 1. The smallest absolute Gasteiger partial charge is 0.128 e. The molecule has 1 aromatic carbocycles. The first kappa shape index (κ1) is 21.5. The molecule has 0 saturated carbocycles. The first-order valence-corrected chi connectivity index (χ1v) is 10.5. The van der Waals surface area contributed by atoms with E-state index in [2.05, 4.69) is 27.1 Å². The molecule has 0 unspecified atom stereocenters. The lowest BCUT2D eigenvalue weighted by molar-refractivity contribution is 0.284. The molecule has 0 aliphatic carbocycles. The number of benzene rings is 1. The molecule has 0 amide bonds. The summed E-state index contributed by atoms with van der Waals surface area (Å²) in [7, 11) is 0. The molecule has 1 aliphatic heterocycles. The van der Waals surface area contributed by atoms with E-state index in [0.29, 0.717) is 10.7 Å². The molecule has 31 heavy (non-hydrogen) atoms. The topological polar surface area (TPSA) is 37.2 Å². The highest BCUT2D eigenvalue weighted by Crippen LogP contribution is 2.25. The van der Waals surface area contributed by atoms with Crippen molar-refractivity contribution in [1.82, 2.24) is 19.7 Å². The number of rotatable bonds is 5. The van der Waals surface area contributed by atoms with E-state index >= 15 is 0 Å². The van der Waals surface area contributed by atoms with E-state index in [9.17, 15) is 8.78 Å². The maximum atomic E-state index is 13.5. The van der Waals surface area contributed by atoms with Gasteiger partial charge in [-0.15, -0.1) is 0 Å². The molecule has 2 aromatic heterocycles. The highest BCUT2D eigenvalue weighted by atomic mass is 35.5. The number of aryl methyl sites for hydroxylation is 1. The highest BCUT2D eigenvalue weighted by Gasteiger charge is 2.18. The van der Waals surface area contributed by atoms with Crippen molar-refractivity contribution in [3.8, 4) is 5.69 Å². The lowest BCUT2D eigenvalue weighted by atomic mass is 10.2. The Morgan fingerprint density at radius 1 is 1.00 bits per heavy atom. The summed E-state index contributed by atoms with van der Waals surface area (Å²) in [6, 6.07) is 3.67. The van der Waals surface area contributed by atoms with Crippen molar-refractivity contribution in [3.05, 3.63) is 76.3 Å². The van der Waals surface area contributed by atoms with E-state index in [-0.39, 0.29) is 0 Å². The zero-order valence-electron chi connectivity index (χ0n) is 17.5. The summed E-state index contributed by atoms with van der Waals surface area (Å²) < 4.78 is 28.8. The van der Waals surface area contributed by atoms with Gasteiger partial charge >= 0.3 is 0 Å². The predicted molar refractivity (Wildman–Crippen MR) is 120 cm³/mol. The molecule has 0 N–H and O–H groups in total. The summed E-state index contributed by atoms with van der Waals surface area (Å²) in [5.74, 6) is -1.08. The van der Waals surface area contributed by atoms with E-state index < -0.39 is 11.6 Å². The Labute approximate surface area is 185 Å². The van der Waals surface area contributed by atoms with Gasteiger partial charge in [-0.2, -0.15) is 5.10 Å². The van der Waals surface area contributed by atoms with Crippen LogP contribution in [-0.4, -0.2) is 52.4 Å². The zero-order chi connectivity index (χ0) is 22.0. The van der Waals surface area contributed by atoms with Crippen molar-refractivity contribution in [2.24, 2.45) is 0 Å². The van der Waals surface area contributed by atoms with Crippen LogP contribution in [0.25, 0.3) is 11.8 Å². The molecule has 0 bridgehead atoms. The number of nitrogens with zero attached hydrogens (tertiary/aromatic N) is 5. The molecule has 162 valence electrons. The summed E-state index contributed by atoms with van der Waals surface area (Å²) in [6.07, 6.45) is 9.41. The van der Waals surface area contributed by atoms with Crippen molar-refractivity contribution in [2.75, 3.05) is 37.6 Å². The summed E-state index contributed by atoms with van der Waals surface area (Å²) in [6.45, 7) is 7.88. The van der Waals surface area contributed by atoms with E-state index in [1.54, 1.807) is 12.4 Å². The maximum absolute atomic E-state index is 13.5. The number of aromatic nitrogens is 3. The number of halogens is 3. The Kier molecular flexibility index (Phi) is 6.34. The van der Waals surface area contributed by atoms with Crippen molar-refractivity contribution in [2.45, 2.75) is 13.8 Å². The average Bonchev–Trinajstić information content (AvgIpc) is 3.08. The van der Waals surface area contributed by atoms with Crippen LogP contribution in [0.2, 0.25) is 5.02 Å². The molecule has 4 rings (SSSR count). The molecule has 0 radical (unpaired) electrons. The third kappa shape index (κ3) is 4.78. The van der Waals surface area contributed by atoms with Crippen molar-refractivity contribution in [3.63, 3.8) is 0 Å². The van der Waals surface area contributed by atoms with Gasteiger partial charge in [0.2, 0.25) is 0 Å². The minimum Gasteiger partial charge on any atom is -0.369 e. The number of hydrogen-bond acceptors (Lipinski definition) is 4. The quantitative estimate of drug-likeness (QED) is 0.575. The van der Waals surface area contributed by atoms with Crippen LogP contribution < -0.4 is 4.90 Å². The Morgan fingerprint density at radius 3 is 2.39 bits per heavy atom. The molecule has 5 nitrogen and oxygen atoms in total. The SMILES string of the molecule is Cc1cncc(Cl)c1-n1ncc(/C=C/CN2CCN(c3cc(F)cc(F)c3)CC2)c1C. The Bertz CT molecular complexity index is 1060. The van der Waals surface area contributed by atoms with Gasteiger partial charge in [-0.1, -0.05) is 23.8 Å². The van der Waals surface area contributed by atoms with Crippen LogP contribution in [-0.2, 0) is 0 Å². The third-order valence-electron chi connectivity index (χ3n) is 5.56. The fourth-order valence-electron chi connectivity index (χ4n) is 3.84. The van der Waals surface area contributed by atoms with E-state index in [0.717, 1.165) is 61.3 Å². The molecule has 8 heteroatoms. The van der Waals surface area contributed by atoms with Gasteiger partial charge in [0.15, 0.2) is 0 Å². The molecule has 1 saturated heterocycles. The van der Waals surface area contributed by atoms with Crippen LogP contribution in [0.4, 0.5) is 14.5 Å². The van der Waals surface area contributed by atoms with E-state index in [4.69, 9.17) is 11.6 Å². The Balaban J connectivity index is 1.37. The van der Waals surface area contributed by atoms with Gasteiger partial charge in [0.1, 0.15) is 11.6 Å². The van der Waals surface area contributed by atoms with Crippen molar-refractivity contribution in [1.29, 1.82) is 0 Å². The van der Waals surface area contributed by atoms with Gasteiger partial charge in [0, 0.05) is 68.1 Å². The summed E-state index contributed by atoms with van der Waals surface area (Å²) in [5.41, 5.74) is 4.44. The molecule has 1 fully saturated rings. The summed E-state index contributed by atoms with van der Waals surface area (Å²) in [5, 5.41) is 5.07. The number of pyridine rings is 1. The molecule has 0 atom stereocenters. The largest absolute Gasteiger partial charge is 0.369 e. The van der Waals surface area contributed by atoms with Gasteiger partial charge in [-0.05, 0) is 31.5 Å². The zero-order valence-corrected chi connectivity index (χ0v) is 18.3. The standard InChI is InChI=1S/C23H24ClF2N5/c1-16-13-27-15-22(24)23(16)31-17(2)18(14-28-31)4-3-5-29-6-8-30(9-7-29)21-11-19(25)10-20(26)12-21/h3-4,10-15H,5-9H2,1-2H3/b4-3+. The monoisotopic (exact) mass is 443 g/mol. The lowest BCUT2D eigenvalue weighted by Crippen LogP contribution is -2.46. The van der Waals surface area contributed by atoms with Crippen LogP contribution >= 0.6 is 11.6 Å². The minimum atomic E-state index is -0.542. The molecule has 3 heterocycles. The predicted octanol–water partition coefficient (Wildman–Crippen LogP) is 4.65. The fraction of sp³-hybridized carbons (Fsp3) is 0.304. The molecule has 3 aromatic rings. The fourth-order valence-corrected chi connectivity index (χ4v) is 4.13. The minimum absolute atomic E-state index is 0.542. The second-order valence-corrected chi connectivity index (χ2v) is 8.11. The Morgan fingerprint density at radius 2 is 1.71 bits per heavy atom. The van der Waals surface area contributed by atoms with Gasteiger partial charge in [0.25, 0.3) is 0 Å². The molecule has 1 aliphatic rings. The molecular formula is C23H24ClF2N5. The first-order valence-electron chi connectivity index (χ1n) is 10.2. The number of hydrogen-bond donors (Lipinski definition) is 0. The second kappa shape index (κ2) is 9.16. The van der Waals surface area contributed by atoms with Crippen LogP contribution in [0.15, 0.2) is 42.9 Å². The van der Waals surface area contributed by atoms with Gasteiger partial charge < -0.3 is 4.90 Å². The van der Waals surface area contributed by atoms with Crippen LogP contribution in [0.1, 0.15) is 16.8 Å². The van der Waals surface area contributed by atoms with Gasteiger partial charge in [-0.25, -0.2) is 13.5 Å². The first-order chi connectivity index (χ1) is 14.9. The van der Waals surface area contributed by atoms with Crippen molar-refractivity contribution < 1.29 is 8.78 Å². The summed E-state index contributed by atoms with van der Waals surface area (Å²) >= 11 is 6.33. The Hall–Kier alpha value is -2.77. The number of piperazine rings is 1. The van der Waals surface area contributed by atoms with Gasteiger partial charge in [-0.3, -0.25) is 9.88 Å². The molecular weight excluding hydrogens is 420 g/mol. The third-order valence-corrected chi connectivity index (χ3v) is 5.84. The van der Waals surface area contributed by atoms with Crippen molar-refractivity contribution >= 4 is 23.4 Å². The average molecular weight is 444 g/mol. The molecule has 0 spiro atoms.